The third-order valence-corrected chi connectivity index (χ3v) is 5.67. The molecule has 0 bridgehead atoms. The lowest BCUT2D eigenvalue weighted by molar-refractivity contribution is -0.141. The fourth-order valence-corrected chi connectivity index (χ4v) is 4.21. The summed E-state index contributed by atoms with van der Waals surface area (Å²) in [5.74, 6) is -0.299. The van der Waals surface area contributed by atoms with Gasteiger partial charge in [0.2, 0.25) is 11.7 Å². The van der Waals surface area contributed by atoms with Crippen molar-refractivity contribution in [2.24, 2.45) is 4.99 Å². The molecule has 0 fully saturated rings. The van der Waals surface area contributed by atoms with E-state index in [0.717, 1.165) is 4.70 Å². The summed E-state index contributed by atoms with van der Waals surface area (Å²) >= 11 is 1.20. The van der Waals surface area contributed by atoms with Crippen LogP contribution in [0, 0.1) is 0 Å². The Labute approximate surface area is 193 Å². The maximum absolute atomic E-state index is 13.0. The number of esters is 1. The van der Waals surface area contributed by atoms with Crippen LogP contribution in [-0.4, -0.2) is 50.8 Å². The SMILES string of the molecule is COC(=O)Cn1c(=NC(=O)c2cc(OC)c(OC)c(OC)c2)sc2cc(NC(C)=O)ccc21. The first-order chi connectivity index (χ1) is 15.8. The van der Waals surface area contributed by atoms with Gasteiger partial charge in [-0.3, -0.25) is 14.4 Å². The Balaban J connectivity index is 2.15. The van der Waals surface area contributed by atoms with Crippen molar-refractivity contribution >= 4 is 45.0 Å². The van der Waals surface area contributed by atoms with Crippen LogP contribution >= 0.6 is 11.3 Å². The molecule has 0 radical (unpaired) electrons. The van der Waals surface area contributed by atoms with Gasteiger partial charge in [-0.05, 0) is 30.3 Å². The van der Waals surface area contributed by atoms with Crippen molar-refractivity contribution in [2.75, 3.05) is 33.8 Å². The molecule has 0 atom stereocenters. The smallest absolute Gasteiger partial charge is 0.325 e. The predicted octanol–water partition coefficient (Wildman–Crippen LogP) is 2.60. The summed E-state index contributed by atoms with van der Waals surface area (Å²) in [6.07, 6.45) is 0. The number of thiazole rings is 1. The van der Waals surface area contributed by atoms with Gasteiger partial charge in [0, 0.05) is 18.2 Å². The van der Waals surface area contributed by atoms with Gasteiger partial charge >= 0.3 is 5.97 Å². The molecular formula is C22H23N3O7S. The Hall–Kier alpha value is -3.86. The van der Waals surface area contributed by atoms with E-state index in [1.165, 1.54) is 58.8 Å². The van der Waals surface area contributed by atoms with Crippen molar-refractivity contribution in [3.8, 4) is 17.2 Å². The Bertz CT molecular complexity index is 1270. The standard InChI is InChI=1S/C22H23N3O7S/c1-12(26)23-14-6-7-15-18(10-14)33-22(25(15)11-19(27)31-4)24-21(28)13-8-16(29-2)20(32-5)17(9-13)30-3/h6-10H,11H2,1-5H3,(H,23,26). The molecule has 0 unspecified atom stereocenters. The number of ether oxygens (including phenoxy) is 4. The fraction of sp³-hybridized carbons (Fsp3) is 0.273. The largest absolute Gasteiger partial charge is 0.493 e. The third kappa shape index (κ3) is 5.14. The number of aromatic nitrogens is 1. The average Bonchev–Trinajstić information content (AvgIpc) is 3.12. The van der Waals surface area contributed by atoms with Crippen LogP contribution in [0.5, 0.6) is 17.2 Å². The lowest BCUT2D eigenvalue weighted by atomic mass is 10.1. The molecule has 1 N–H and O–H groups in total. The molecule has 10 nitrogen and oxygen atoms in total. The second-order valence-corrected chi connectivity index (χ2v) is 7.75. The van der Waals surface area contributed by atoms with E-state index in [0.29, 0.717) is 28.5 Å². The van der Waals surface area contributed by atoms with Gasteiger partial charge in [-0.1, -0.05) is 11.3 Å². The number of anilines is 1. The monoisotopic (exact) mass is 473 g/mol. The zero-order valence-corrected chi connectivity index (χ0v) is 19.6. The molecule has 0 spiro atoms. The Kier molecular flexibility index (Phi) is 7.34. The number of hydrogen-bond acceptors (Lipinski definition) is 8. The van der Waals surface area contributed by atoms with E-state index in [9.17, 15) is 14.4 Å². The van der Waals surface area contributed by atoms with Crippen molar-refractivity contribution in [3.63, 3.8) is 0 Å². The van der Waals surface area contributed by atoms with Crippen molar-refractivity contribution in [1.82, 2.24) is 4.57 Å². The fourth-order valence-electron chi connectivity index (χ4n) is 3.14. The topological polar surface area (TPSA) is 117 Å². The van der Waals surface area contributed by atoms with Crippen LogP contribution in [-0.2, 0) is 20.9 Å². The Morgan fingerprint density at radius 2 is 1.67 bits per heavy atom. The number of nitrogens with one attached hydrogen (secondary N) is 1. The molecule has 0 saturated heterocycles. The lowest BCUT2D eigenvalue weighted by Crippen LogP contribution is -2.22. The molecule has 11 heteroatoms. The molecule has 2 aromatic carbocycles. The van der Waals surface area contributed by atoms with Gasteiger partial charge < -0.3 is 28.8 Å². The molecule has 3 aromatic rings. The first-order valence-electron chi connectivity index (χ1n) is 9.68. The van der Waals surface area contributed by atoms with Gasteiger partial charge in [0.05, 0.1) is 38.7 Å². The highest BCUT2D eigenvalue weighted by Crippen LogP contribution is 2.38. The lowest BCUT2D eigenvalue weighted by Gasteiger charge is -2.12. The second-order valence-electron chi connectivity index (χ2n) is 6.74. The number of methoxy groups -OCH3 is 4. The first-order valence-corrected chi connectivity index (χ1v) is 10.5. The molecule has 0 aliphatic rings. The van der Waals surface area contributed by atoms with E-state index in [1.807, 2.05) is 0 Å². The summed E-state index contributed by atoms with van der Waals surface area (Å²) in [7, 11) is 5.65. The van der Waals surface area contributed by atoms with E-state index in [1.54, 1.807) is 22.8 Å². The molecule has 1 heterocycles. The number of nitrogens with zero attached hydrogens (tertiary/aromatic N) is 2. The van der Waals surface area contributed by atoms with Crippen LogP contribution in [0.25, 0.3) is 10.2 Å². The summed E-state index contributed by atoms with van der Waals surface area (Å²) in [5.41, 5.74) is 1.46. The molecule has 0 saturated carbocycles. The average molecular weight is 474 g/mol. The summed E-state index contributed by atoms with van der Waals surface area (Å²) in [6, 6.07) is 8.19. The molecule has 1 aromatic heterocycles. The van der Waals surface area contributed by atoms with Crippen LogP contribution in [0.2, 0.25) is 0 Å². The molecular weight excluding hydrogens is 450 g/mol. The van der Waals surface area contributed by atoms with E-state index in [-0.39, 0.29) is 22.8 Å². The van der Waals surface area contributed by atoms with Gasteiger partial charge in [0.25, 0.3) is 5.91 Å². The highest BCUT2D eigenvalue weighted by Gasteiger charge is 2.18. The molecule has 0 aliphatic heterocycles. The molecule has 3 rings (SSSR count). The Morgan fingerprint density at radius 3 is 2.21 bits per heavy atom. The van der Waals surface area contributed by atoms with E-state index < -0.39 is 11.9 Å². The van der Waals surface area contributed by atoms with Crippen LogP contribution < -0.4 is 24.3 Å². The summed E-state index contributed by atoms with van der Waals surface area (Å²) < 4.78 is 23.0. The maximum Gasteiger partial charge on any atom is 0.325 e. The van der Waals surface area contributed by atoms with Crippen molar-refractivity contribution in [2.45, 2.75) is 13.5 Å². The summed E-state index contributed by atoms with van der Waals surface area (Å²) in [4.78, 5) is 41.0. The van der Waals surface area contributed by atoms with E-state index >= 15 is 0 Å². The van der Waals surface area contributed by atoms with Crippen LogP contribution in [0.15, 0.2) is 35.3 Å². The predicted molar refractivity (Wildman–Crippen MR) is 122 cm³/mol. The summed E-state index contributed by atoms with van der Waals surface area (Å²) in [5, 5.41) is 2.71. The molecule has 0 aliphatic carbocycles. The van der Waals surface area contributed by atoms with Crippen molar-refractivity contribution in [1.29, 1.82) is 0 Å². The van der Waals surface area contributed by atoms with Crippen LogP contribution in [0.1, 0.15) is 17.3 Å². The normalized spacial score (nSPS) is 11.2. The number of carbonyl (C=O) groups is 3. The quantitative estimate of drug-likeness (QED) is 0.524. The molecule has 33 heavy (non-hydrogen) atoms. The summed E-state index contributed by atoms with van der Waals surface area (Å²) in [6.45, 7) is 1.27. The first kappa shape index (κ1) is 23.8. The third-order valence-electron chi connectivity index (χ3n) is 4.63. The number of carbonyl (C=O) groups excluding carboxylic acids is 3. The van der Waals surface area contributed by atoms with Crippen molar-refractivity contribution < 1.29 is 33.3 Å². The minimum absolute atomic E-state index is 0.142. The highest BCUT2D eigenvalue weighted by atomic mass is 32.1. The van der Waals surface area contributed by atoms with Gasteiger partial charge in [0.15, 0.2) is 16.3 Å². The van der Waals surface area contributed by atoms with Gasteiger partial charge in [0.1, 0.15) is 6.54 Å². The van der Waals surface area contributed by atoms with E-state index in [4.69, 9.17) is 18.9 Å². The van der Waals surface area contributed by atoms with Gasteiger partial charge in [-0.15, -0.1) is 0 Å². The second kappa shape index (κ2) is 10.2. The number of benzene rings is 2. The minimum Gasteiger partial charge on any atom is -0.493 e. The number of rotatable bonds is 7. The van der Waals surface area contributed by atoms with E-state index in [2.05, 4.69) is 10.3 Å². The molecule has 174 valence electrons. The number of amides is 2. The van der Waals surface area contributed by atoms with Crippen molar-refractivity contribution in [3.05, 3.63) is 40.7 Å². The van der Waals surface area contributed by atoms with Crippen LogP contribution in [0.3, 0.4) is 0 Å². The zero-order valence-electron chi connectivity index (χ0n) is 18.8. The van der Waals surface area contributed by atoms with Crippen LogP contribution in [0.4, 0.5) is 5.69 Å². The minimum atomic E-state index is -0.568. The number of fused-ring (bicyclic) bond motifs is 1. The maximum atomic E-state index is 13.0. The molecule has 2 amide bonds. The Morgan fingerprint density at radius 1 is 1.00 bits per heavy atom. The number of hydrogen-bond donors (Lipinski definition) is 1. The van der Waals surface area contributed by atoms with Gasteiger partial charge in [-0.25, -0.2) is 0 Å². The zero-order chi connectivity index (χ0) is 24.1. The van der Waals surface area contributed by atoms with Gasteiger partial charge in [-0.2, -0.15) is 4.99 Å². The highest BCUT2D eigenvalue weighted by molar-refractivity contribution is 7.16.